The summed E-state index contributed by atoms with van der Waals surface area (Å²) in [5, 5.41) is 8.47. The summed E-state index contributed by atoms with van der Waals surface area (Å²) in [6.07, 6.45) is 1.24. The van der Waals surface area contributed by atoms with Gasteiger partial charge in [0.25, 0.3) is 10.0 Å². The number of carbonyl (C=O) groups excluding carboxylic acids is 1. The lowest BCUT2D eigenvalue weighted by molar-refractivity contribution is -0.141. The van der Waals surface area contributed by atoms with Gasteiger partial charge >= 0.3 is 11.9 Å². The first-order valence-electron chi connectivity index (χ1n) is 5.76. The fraction of sp³-hybridized carbons (Fsp3) is 0.455. The summed E-state index contributed by atoms with van der Waals surface area (Å²) in [5.74, 6) is -2.46. The van der Waals surface area contributed by atoms with Gasteiger partial charge in [-0.05, 0) is 6.42 Å². The molecule has 1 fully saturated rings. The van der Waals surface area contributed by atoms with Crippen LogP contribution in [0.5, 0.6) is 0 Å². The Morgan fingerprint density at radius 1 is 1.50 bits per heavy atom. The SMILES string of the molecule is COC(=O)c1coc(S(=O)(=O)N2CCC(C(=O)O)C2)c1. The summed E-state index contributed by atoms with van der Waals surface area (Å²) in [5.41, 5.74) is -0.0138. The molecular formula is C11H13NO7S. The van der Waals surface area contributed by atoms with Gasteiger partial charge in [0, 0.05) is 19.2 Å². The Labute approximate surface area is 115 Å². The normalized spacial score (nSPS) is 19.9. The molecule has 0 aliphatic carbocycles. The second kappa shape index (κ2) is 5.25. The molecular weight excluding hydrogens is 290 g/mol. The zero-order chi connectivity index (χ0) is 14.9. The minimum Gasteiger partial charge on any atom is -0.481 e. The number of aliphatic carboxylic acids is 1. The van der Waals surface area contributed by atoms with Crippen molar-refractivity contribution in [2.24, 2.45) is 5.92 Å². The van der Waals surface area contributed by atoms with Crippen molar-refractivity contribution >= 4 is 22.0 Å². The highest BCUT2D eigenvalue weighted by Crippen LogP contribution is 2.25. The van der Waals surface area contributed by atoms with Crippen molar-refractivity contribution in [1.82, 2.24) is 4.31 Å². The Morgan fingerprint density at radius 3 is 2.75 bits per heavy atom. The topological polar surface area (TPSA) is 114 Å². The van der Waals surface area contributed by atoms with Gasteiger partial charge in [-0.25, -0.2) is 13.2 Å². The fourth-order valence-electron chi connectivity index (χ4n) is 1.95. The van der Waals surface area contributed by atoms with Gasteiger partial charge in [0.1, 0.15) is 6.26 Å². The molecule has 0 aromatic carbocycles. The molecule has 1 aliphatic heterocycles. The standard InChI is InChI=1S/C11H13NO7S/c1-18-11(15)8-4-9(19-6-8)20(16,17)12-3-2-7(5-12)10(13)14/h4,6-7H,2-3,5H2,1H3,(H,13,14). The van der Waals surface area contributed by atoms with Gasteiger partial charge in [-0.3, -0.25) is 4.79 Å². The Kier molecular flexibility index (Phi) is 3.82. The molecule has 1 aromatic rings. The first kappa shape index (κ1) is 14.5. The number of ether oxygens (including phenoxy) is 1. The highest BCUT2D eigenvalue weighted by molar-refractivity contribution is 7.89. The van der Waals surface area contributed by atoms with E-state index in [-0.39, 0.29) is 25.1 Å². The van der Waals surface area contributed by atoms with E-state index in [1.54, 1.807) is 0 Å². The van der Waals surface area contributed by atoms with Crippen LogP contribution in [-0.4, -0.2) is 50.0 Å². The van der Waals surface area contributed by atoms with Crippen LogP contribution < -0.4 is 0 Å². The number of hydrogen-bond acceptors (Lipinski definition) is 6. The van der Waals surface area contributed by atoms with Crippen molar-refractivity contribution < 1.29 is 32.3 Å². The molecule has 0 saturated carbocycles. The number of esters is 1. The summed E-state index contributed by atoms with van der Waals surface area (Å²) in [4.78, 5) is 22.1. The van der Waals surface area contributed by atoms with E-state index < -0.39 is 33.0 Å². The van der Waals surface area contributed by atoms with Gasteiger partial charge in [0.2, 0.25) is 5.09 Å². The average molecular weight is 303 g/mol. The minimum absolute atomic E-state index is 0.0138. The summed E-state index contributed by atoms with van der Waals surface area (Å²) >= 11 is 0. The van der Waals surface area contributed by atoms with Gasteiger partial charge in [-0.1, -0.05) is 0 Å². The largest absolute Gasteiger partial charge is 0.481 e. The number of methoxy groups -OCH3 is 1. The predicted octanol–water partition coefficient (Wildman–Crippen LogP) is 0.161. The summed E-state index contributed by atoms with van der Waals surface area (Å²) in [6, 6.07) is 1.06. The van der Waals surface area contributed by atoms with Crippen molar-refractivity contribution in [1.29, 1.82) is 0 Å². The van der Waals surface area contributed by atoms with Crippen LogP contribution in [-0.2, 0) is 19.6 Å². The first-order chi connectivity index (χ1) is 9.36. The quantitative estimate of drug-likeness (QED) is 0.788. The van der Waals surface area contributed by atoms with E-state index in [1.165, 1.54) is 7.11 Å². The van der Waals surface area contributed by atoms with Crippen LogP contribution in [0.4, 0.5) is 0 Å². The summed E-state index contributed by atoms with van der Waals surface area (Å²) < 4.78 is 34.8. The van der Waals surface area contributed by atoms with E-state index in [0.717, 1.165) is 16.6 Å². The molecule has 1 aliphatic rings. The number of rotatable bonds is 4. The highest BCUT2D eigenvalue weighted by atomic mass is 32.2. The molecule has 1 unspecified atom stereocenters. The smallest absolute Gasteiger partial charge is 0.341 e. The van der Waals surface area contributed by atoms with Crippen LogP contribution >= 0.6 is 0 Å². The van der Waals surface area contributed by atoms with Gasteiger partial charge < -0.3 is 14.3 Å². The fourth-order valence-corrected chi connectivity index (χ4v) is 3.37. The zero-order valence-corrected chi connectivity index (χ0v) is 11.4. The molecule has 2 heterocycles. The van der Waals surface area contributed by atoms with Crippen molar-refractivity contribution in [3.63, 3.8) is 0 Å². The van der Waals surface area contributed by atoms with Crippen LogP contribution in [0.2, 0.25) is 0 Å². The molecule has 0 spiro atoms. The molecule has 8 nitrogen and oxygen atoms in total. The minimum atomic E-state index is -3.93. The lowest BCUT2D eigenvalue weighted by Gasteiger charge is -2.13. The molecule has 2 rings (SSSR count). The Bertz CT molecular complexity index is 633. The predicted molar refractivity (Wildman–Crippen MR) is 64.5 cm³/mol. The molecule has 0 radical (unpaired) electrons. The third kappa shape index (κ3) is 2.54. The van der Waals surface area contributed by atoms with Crippen LogP contribution in [0.25, 0.3) is 0 Å². The van der Waals surface area contributed by atoms with Crippen LogP contribution in [0.3, 0.4) is 0 Å². The number of hydrogen-bond donors (Lipinski definition) is 1. The van der Waals surface area contributed by atoms with Crippen molar-refractivity contribution in [3.05, 3.63) is 17.9 Å². The van der Waals surface area contributed by atoms with E-state index in [0.29, 0.717) is 0 Å². The highest BCUT2D eigenvalue weighted by Gasteiger charge is 2.37. The summed E-state index contributed by atoms with van der Waals surface area (Å²) in [7, 11) is -2.76. The molecule has 0 amide bonds. The van der Waals surface area contributed by atoms with Crippen LogP contribution in [0.15, 0.2) is 21.8 Å². The molecule has 0 bridgehead atoms. The third-order valence-corrected chi connectivity index (χ3v) is 4.82. The van der Waals surface area contributed by atoms with Gasteiger partial charge in [0.15, 0.2) is 0 Å². The maximum Gasteiger partial charge on any atom is 0.341 e. The second-order valence-electron chi connectivity index (χ2n) is 4.33. The number of carboxylic acid groups (broad SMARTS) is 1. The molecule has 1 aromatic heterocycles. The van der Waals surface area contributed by atoms with E-state index in [4.69, 9.17) is 9.52 Å². The maximum absolute atomic E-state index is 12.2. The first-order valence-corrected chi connectivity index (χ1v) is 7.20. The molecule has 1 N–H and O–H groups in total. The van der Waals surface area contributed by atoms with Crippen LogP contribution in [0.1, 0.15) is 16.8 Å². The number of nitrogens with zero attached hydrogens (tertiary/aromatic N) is 1. The molecule has 1 atom stereocenters. The lowest BCUT2D eigenvalue weighted by atomic mass is 10.1. The third-order valence-electron chi connectivity index (χ3n) is 3.09. The van der Waals surface area contributed by atoms with Crippen molar-refractivity contribution in [2.45, 2.75) is 11.5 Å². The van der Waals surface area contributed by atoms with E-state index in [1.807, 2.05) is 0 Å². The van der Waals surface area contributed by atoms with E-state index in [2.05, 4.69) is 4.74 Å². The van der Waals surface area contributed by atoms with E-state index >= 15 is 0 Å². The molecule has 1 saturated heterocycles. The maximum atomic E-state index is 12.2. The van der Waals surface area contributed by atoms with Crippen LogP contribution in [0, 0.1) is 5.92 Å². The van der Waals surface area contributed by atoms with Gasteiger partial charge in [-0.15, -0.1) is 0 Å². The van der Waals surface area contributed by atoms with Gasteiger partial charge in [0.05, 0.1) is 18.6 Å². The Hall–Kier alpha value is -1.87. The number of sulfonamides is 1. The summed E-state index contributed by atoms with van der Waals surface area (Å²) in [6.45, 7) is -0.000514. The molecule has 110 valence electrons. The van der Waals surface area contributed by atoms with Crippen molar-refractivity contribution in [2.75, 3.05) is 20.2 Å². The lowest BCUT2D eigenvalue weighted by Crippen LogP contribution is -2.29. The second-order valence-corrected chi connectivity index (χ2v) is 6.20. The molecule has 20 heavy (non-hydrogen) atoms. The average Bonchev–Trinajstić information content (AvgIpc) is 3.06. The zero-order valence-electron chi connectivity index (χ0n) is 10.6. The van der Waals surface area contributed by atoms with E-state index in [9.17, 15) is 18.0 Å². The Balaban J connectivity index is 2.21. The number of carbonyl (C=O) groups is 2. The number of furan rings is 1. The number of carboxylic acids is 1. The molecule has 9 heteroatoms. The monoisotopic (exact) mass is 303 g/mol. The van der Waals surface area contributed by atoms with Gasteiger partial charge in [-0.2, -0.15) is 4.31 Å². The van der Waals surface area contributed by atoms with Crippen molar-refractivity contribution in [3.8, 4) is 0 Å². The Morgan fingerprint density at radius 2 is 2.20 bits per heavy atom.